The number of likely N-dealkylation sites (tertiary alicyclic amines) is 1. The smallest absolute Gasteiger partial charge is 0.389 e. The van der Waals surface area contributed by atoms with E-state index in [1.165, 1.54) is 0 Å². The number of nitrogens with one attached hydrogen (secondary N) is 1. The first-order valence-electron chi connectivity index (χ1n) is 11.9. The second kappa shape index (κ2) is 9.50. The average molecular weight is 498 g/mol. The summed E-state index contributed by atoms with van der Waals surface area (Å²) >= 11 is 0. The number of hydrogen-bond acceptors (Lipinski definition) is 5. The molecule has 1 aliphatic carbocycles. The number of benzene rings is 1. The van der Waals surface area contributed by atoms with E-state index in [0.29, 0.717) is 18.9 Å². The van der Waals surface area contributed by atoms with E-state index in [1.807, 2.05) is 10.9 Å². The van der Waals surface area contributed by atoms with Gasteiger partial charge in [0, 0.05) is 31.9 Å². The maximum atomic E-state index is 13.8. The van der Waals surface area contributed by atoms with Crippen molar-refractivity contribution in [1.29, 1.82) is 0 Å². The lowest BCUT2D eigenvalue weighted by Crippen LogP contribution is -2.53. The van der Waals surface area contributed by atoms with Gasteiger partial charge in [0.05, 0.1) is 28.8 Å². The van der Waals surface area contributed by atoms with Crippen LogP contribution in [0, 0.1) is 11.2 Å². The Bertz CT molecular complexity index is 1030. The van der Waals surface area contributed by atoms with Gasteiger partial charge in [0.25, 0.3) is 0 Å². The Hall–Kier alpha value is -2.53. The molecule has 35 heavy (non-hydrogen) atoms. The van der Waals surface area contributed by atoms with Crippen molar-refractivity contribution in [3.63, 3.8) is 0 Å². The molecule has 1 saturated heterocycles. The zero-order valence-corrected chi connectivity index (χ0v) is 19.9. The minimum atomic E-state index is -4.69. The fraction of sp³-hybridized carbons (Fsp3) is 0.625. The molecule has 1 aromatic carbocycles. The summed E-state index contributed by atoms with van der Waals surface area (Å²) in [5.74, 6) is -1.45. The Morgan fingerprint density at radius 3 is 2.49 bits per heavy atom. The third-order valence-corrected chi connectivity index (χ3v) is 7.66. The van der Waals surface area contributed by atoms with Crippen LogP contribution in [0.4, 0.5) is 17.6 Å². The van der Waals surface area contributed by atoms with Crippen LogP contribution in [0.3, 0.4) is 0 Å². The van der Waals surface area contributed by atoms with Crippen molar-refractivity contribution >= 4 is 5.91 Å². The molecule has 1 aliphatic heterocycles. The quantitative estimate of drug-likeness (QED) is 0.595. The molecule has 7 nitrogen and oxygen atoms in total. The van der Waals surface area contributed by atoms with E-state index >= 15 is 0 Å². The van der Waals surface area contributed by atoms with Crippen LogP contribution >= 0.6 is 0 Å². The fourth-order valence-electron chi connectivity index (χ4n) is 5.57. The molecule has 0 unspecified atom stereocenters. The normalized spacial score (nSPS) is 24.6. The predicted octanol–water partition coefficient (Wildman–Crippen LogP) is 3.70. The first kappa shape index (κ1) is 25.6. The van der Waals surface area contributed by atoms with Gasteiger partial charge in [-0.1, -0.05) is 5.21 Å². The van der Waals surface area contributed by atoms with Crippen LogP contribution in [-0.2, 0) is 17.5 Å². The van der Waals surface area contributed by atoms with E-state index in [9.17, 15) is 27.5 Å². The Morgan fingerprint density at radius 1 is 1.17 bits per heavy atom. The summed E-state index contributed by atoms with van der Waals surface area (Å²) in [5.41, 5.74) is -3.53. The molecular weight excluding hydrogens is 466 g/mol. The second-order valence-electron chi connectivity index (χ2n) is 10.2. The van der Waals surface area contributed by atoms with E-state index in [0.717, 1.165) is 44.5 Å². The Labute approximate surface area is 201 Å². The lowest BCUT2D eigenvalue weighted by molar-refractivity contribution is -0.147. The molecule has 1 aromatic heterocycles. The van der Waals surface area contributed by atoms with E-state index in [2.05, 4.69) is 20.5 Å². The minimum Gasteiger partial charge on any atom is -0.389 e. The predicted molar refractivity (Wildman–Crippen MR) is 119 cm³/mol. The highest BCUT2D eigenvalue weighted by Gasteiger charge is 2.55. The summed E-state index contributed by atoms with van der Waals surface area (Å²) in [6.45, 7) is 4.60. The van der Waals surface area contributed by atoms with Crippen molar-refractivity contribution in [2.45, 2.75) is 76.4 Å². The summed E-state index contributed by atoms with van der Waals surface area (Å²) < 4.78 is 54.7. The Kier molecular flexibility index (Phi) is 6.93. The van der Waals surface area contributed by atoms with Gasteiger partial charge in [-0.3, -0.25) is 4.79 Å². The van der Waals surface area contributed by atoms with E-state index < -0.39 is 34.5 Å². The van der Waals surface area contributed by atoms with Crippen LogP contribution in [0.5, 0.6) is 0 Å². The largest absolute Gasteiger partial charge is 0.416 e. The lowest BCUT2D eigenvalue weighted by atomic mass is 9.71. The third-order valence-electron chi connectivity index (χ3n) is 7.66. The molecular formula is C24H31F4N5O2. The highest BCUT2D eigenvalue weighted by atomic mass is 19.4. The van der Waals surface area contributed by atoms with Gasteiger partial charge < -0.3 is 15.3 Å². The first-order valence-corrected chi connectivity index (χ1v) is 11.9. The van der Waals surface area contributed by atoms with E-state index in [1.54, 1.807) is 20.0 Å². The molecule has 0 bridgehead atoms. The van der Waals surface area contributed by atoms with Crippen molar-refractivity contribution in [1.82, 2.24) is 25.2 Å². The highest BCUT2D eigenvalue weighted by molar-refractivity contribution is 5.84. The number of halogens is 4. The number of aliphatic hydroxyl groups is 1. The van der Waals surface area contributed by atoms with Gasteiger partial charge >= 0.3 is 6.18 Å². The van der Waals surface area contributed by atoms with Crippen molar-refractivity contribution < 1.29 is 27.5 Å². The Balaban J connectivity index is 1.42. The molecule has 2 N–H and O–H groups in total. The molecule has 2 heterocycles. The van der Waals surface area contributed by atoms with Crippen molar-refractivity contribution in [2.75, 3.05) is 13.1 Å². The molecule has 2 atom stereocenters. The molecule has 0 radical (unpaired) electrons. The summed E-state index contributed by atoms with van der Waals surface area (Å²) in [4.78, 5) is 15.7. The van der Waals surface area contributed by atoms with Crippen LogP contribution < -0.4 is 5.32 Å². The molecule has 1 amide bonds. The minimum absolute atomic E-state index is 0.0151. The fourth-order valence-corrected chi connectivity index (χ4v) is 5.57. The van der Waals surface area contributed by atoms with Crippen molar-refractivity contribution in [3.8, 4) is 0 Å². The van der Waals surface area contributed by atoms with Crippen molar-refractivity contribution in [3.05, 3.63) is 47.5 Å². The number of aromatic nitrogens is 3. The summed E-state index contributed by atoms with van der Waals surface area (Å²) in [7, 11) is 0. The van der Waals surface area contributed by atoms with Gasteiger partial charge in [0.15, 0.2) is 0 Å². The van der Waals surface area contributed by atoms with Gasteiger partial charge in [0.1, 0.15) is 5.82 Å². The molecule has 192 valence electrons. The molecule has 4 rings (SSSR count). The molecule has 2 aliphatic rings. The number of nitrogens with zero attached hydrogens (tertiary/aromatic N) is 4. The van der Waals surface area contributed by atoms with Gasteiger partial charge in [0.2, 0.25) is 5.91 Å². The maximum absolute atomic E-state index is 13.8. The van der Waals surface area contributed by atoms with Gasteiger partial charge in [-0.05, 0) is 69.7 Å². The van der Waals surface area contributed by atoms with E-state index in [-0.39, 0.29) is 24.2 Å². The zero-order valence-electron chi connectivity index (χ0n) is 19.9. The number of alkyl halides is 3. The van der Waals surface area contributed by atoms with Gasteiger partial charge in [-0.2, -0.15) is 13.2 Å². The molecule has 11 heteroatoms. The molecule has 2 fully saturated rings. The van der Waals surface area contributed by atoms with Crippen LogP contribution in [0.25, 0.3) is 0 Å². The van der Waals surface area contributed by atoms with Gasteiger partial charge in [-0.15, -0.1) is 5.10 Å². The second-order valence-corrected chi connectivity index (χ2v) is 10.2. The lowest BCUT2D eigenvalue weighted by Gasteiger charge is -2.41. The number of rotatable bonds is 6. The van der Waals surface area contributed by atoms with Crippen molar-refractivity contribution in [2.24, 2.45) is 5.41 Å². The van der Waals surface area contributed by atoms with Crippen LogP contribution in [-0.4, -0.2) is 55.6 Å². The van der Waals surface area contributed by atoms with Crippen LogP contribution in [0.1, 0.15) is 63.1 Å². The van der Waals surface area contributed by atoms with Gasteiger partial charge in [-0.25, -0.2) is 9.07 Å². The number of carbonyl (C=O) groups excluding carboxylic acids is 1. The number of carbonyl (C=O) groups is 1. The number of hydrogen-bond donors (Lipinski definition) is 2. The molecule has 1 saturated carbocycles. The SMILES string of the molecule is CC(C)(O)[C@]1(C(=O)NCc2cc(F)cc(C(F)(F)F)c2)CC[C@@H](N2CCC(n3ccnn3)CC2)C1. The third kappa shape index (κ3) is 5.35. The summed E-state index contributed by atoms with van der Waals surface area (Å²) in [6.07, 6.45) is 2.26. The van der Waals surface area contributed by atoms with Crippen LogP contribution in [0.15, 0.2) is 30.6 Å². The number of amides is 1. The summed E-state index contributed by atoms with van der Waals surface area (Å²) in [5, 5.41) is 21.6. The molecule has 2 aromatic rings. The average Bonchev–Trinajstić information content (AvgIpc) is 3.47. The highest BCUT2D eigenvalue weighted by Crippen LogP contribution is 2.49. The van der Waals surface area contributed by atoms with Crippen LogP contribution in [0.2, 0.25) is 0 Å². The first-order chi connectivity index (χ1) is 16.4. The topological polar surface area (TPSA) is 83.3 Å². The standard InChI is InChI=1S/C24H31F4N5O2/c1-22(2,35)23(21(34)29-15-16-11-17(24(26,27)28)13-18(25)12-16)6-3-20(14-23)32-8-4-19(5-9-32)33-10-7-30-31-33/h7,10-13,19-20,35H,3-6,8-9,14-15H2,1-2H3,(H,29,34)/t20-,23-/m1/s1. The maximum Gasteiger partial charge on any atom is 0.416 e. The zero-order chi connectivity index (χ0) is 25.4. The van der Waals surface area contributed by atoms with E-state index in [4.69, 9.17) is 0 Å². The summed E-state index contributed by atoms with van der Waals surface area (Å²) in [6, 6.07) is 2.62. The molecule has 0 spiro atoms. The monoisotopic (exact) mass is 497 g/mol. The Morgan fingerprint density at radius 2 is 1.89 bits per heavy atom. The number of piperidine rings is 1.